The fourth-order valence-corrected chi connectivity index (χ4v) is 3.07. The van der Waals surface area contributed by atoms with Crippen molar-refractivity contribution in [2.45, 2.75) is 11.8 Å². The van der Waals surface area contributed by atoms with Crippen molar-refractivity contribution in [2.75, 3.05) is 11.3 Å². The number of primary amides is 1. The van der Waals surface area contributed by atoms with Gasteiger partial charge in [0.25, 0.3) is 15.9 Å². The number of carbonyl (C=O) groups is 2. The van der Waals surface area contributed by atoms with Crippen molar-refractivity contribution >= 4 is 27.6 Å². The van der Waals surface area contributed by atoms with E-state index in [1.807, 2.05) is 0 Å². The van der Waals surface area contributed by atoms with E-state index in [-0.39, 0.29) is 22.8 Å². The topological polar surface area (TPSA) is 136 Å². The first kappa shape index (κ1) is 18.3. The molecule has 9 heteroatoms. The first-order chi connectivity index (χ1) is 11.7. The number of sulfonamides is 1. The number of carboxylic acid groups (broad SMARTS) is 1. The fraction of sp³-hybridized carbons (Fsp3) is 0.125. The smallest absolute Gasteiger partial charge is 0.335 e. The van der Waals surface area contributed by atoms with Gasteiger partial charge in [-0.3, -0.25) is 9.52 Å². The third kappa shape index (κ3) is 4.70. The number of nitrogens with one attached hydrogen (secondary N) is 1. The Kier molecular flexibility index (Phi) is 5.28. The number of anilines is 1. The zero-order valence-electron chi connectivity index (χ0n) is 13.2. The lowest BCUT2D eigenvalue weighted by molar-refractivity contribution is -0.119. The number of amides is 1. The van der Waals surface area contributed by atoms with Crippen LogP contribution in [0.25, 0.3) is 0 Å². The predicted octanol–water partition coefficient (Wildman–Crippen LogP) is 1.36. The van der Waals surface area contributed by atoms with E-state index in [9.17, 15) is 18.0 Å². The lowest BCUT2D eigenvalue weighted by atomic mass is 10.1. The van der Waals surface area contributed by atoms with Crippen molar-refractivity contribution in [2.24, 2.45) is 5.73 Å². The molecule has 1 amide bonds. The first-order valence-electron chi connectivity index (χ1n) is 7.07. The Hall–Kier alpha value is -3.07. The molecule has 0 heterocycles. The maximum absolute atomic E-state index is 12.4. The lowest BCUT2D eigenvalue weighted by Gasteiger charge is -2.10. The molecular weight excluding hydrogens is 348 g/mol. The molecule has 8 nitrogen and oxygen atoms in total. The van der Waals surface area contributed by atoms with Gasteiger partial charge in [-0.15, -0.1) is 0 Å². The Balaban J connectivity index is 2.20. The minimum atomic E-state index is -3.95. The first-order valence-corrected chi connectivity index (χ1v) is 8.55. The highest BCUT2D eigenvalue weighted by Crippen LogP contribution is 2.21. The van der Waals surface area contributed by atoms with Gasteiger partial charge in [-0.2, -0.15) is 0 Å². The normalized spacial score (nSPS) is 10.9. The van der Waals surface area contributed by atoms with Crippen LogP contribution in [0.4, 0.5) is 5.69 Å². The van der Waals surface area contributed by atoms with Crippen LogP contribution in [-0.2, 0) is 14.8 Å². The molecule has 0 aliphatic rings. The second kappa shape index (κ2) is 7.22. The highest BCUT2D eigenvalue weighted by molar-refractivity contribution is 7.92. The van der Waals surface area contributed by atoms with Crippen LogP contribution in [0.3, 0.4) is 0 Å². The summed E-state index contributed by atoms with van der Waals surface area (Å²) in [7, 11) is -3.95. The van der Waals surface area contributed by atoms with Crippen molar-refractivity contribution < 1.29 is 27.9 Å². The number of rotatable bonds is 7. The standard InChI is InChI=1S/C16H16N2O6S/c1-10-2-7-13(8-14(10)16(20)21)25(22,23)18-11-3-5-12(6-4-11)24-9-15(17)19/h2-8,18H,9H2,1H3,(H2,17,19)(H,20,21). The summed E-state index contributed by atoms with van der Waals surface area (Å²) in [5.74, 6) is -1.48. The van der Waals surface area contributed by atoms with Gasteiger partial charge in [-0.05, 0) is 48.9 Å². The zero-order valence-corrected chi connectivity index (χ0v) is 14.0. The van der Waals surface area contributed by atoms with Gasteiger partial charge in [0.2, 0.25) is 0 Å². The molecule has 132 valence electrons. The van der Waals surface area contributed by atoms with Crippen molar-refractivity contribution in [3.8, 4) is 5.75 Å². The van der Waals surface area contributed by atoms with E-state index in [2.05, 4.69) is 4.72 Å². The largest absolute Gasteiger partial charge is 0.484 e. The molecule has 0 atom stereocenters. The summed E-state index contributed by atoms with van der Waals surface area (Å²) in [5.41, 5.74) is 5.59. The second-order valence-corrected chi connectivity index (χ2v) is 6.85. The summed E-state index contributed by atoms with van der Waals surface area (Å²) < 4.78 is 32.2. The second-order valence-electron chi connectivity index (χ2n) is 5.17. The van der Waals surface area contributed by atoms with E-state index >= 15 is 0 Å². The number of aryl methyl sites for hydroxylation is 1. The molecule has 2 aromatic rings. The number of carboxylic acids is 1. The average molecular weight is 364 g/mol. The van der Waals surface area contributed by atoms with E-state index in [0.717, 1.165) is 6.07 Å². The van der Waals surface area contributed by atoms with E-state index < -0.39 is 21.9 Å². The fourth-order valence-electron chi connectivity index (χ4n) is 1.99. The molecule has 25 heavy (non-hydrogen) atoms. The maximum Gasteiger partial charge on any atom is 0.335 e. The van der Waals surface area contributed by atoms with Gasteiger partial charge >= 0.3 is 5.97 Å². The van der Waals surface area contributed by atoms with E-state index in [4.69, 9.17) is 15.6 Å². The van der Waals surface area contributed by atoms with Crippen molar-refractivity contribution in [3.63, 3.8) is 0 Å². The van der Waals surface area contributed by atoms with Crippen molar-refractivity contribution in [1.29, 1.82) is 0 Å². The average Bonchev–Trinajstić information content (AvgIpc) is 2.53. The molecule has 0 aliphatic carbocycles. The third-order valence-corrected chi connectivity index (χ3v) is 4.62. The van der Waals surface area contributed by atoms with Crippen LogP contribution in [0.5, 0.6) is 5.75 Å². The molecule has 0 bridgehead atoms. The third-order valence-electron chi connectivity index (χ3n) is 3.24. The Morgan fingerprint density at radius 1 is 1.16 bits per heavy atom. The highest BCUT2D eigenvalue weighted by Gasteiger charge is 2.18. The summed E-state index contributed by atoms with van der Waals surface area (Å²) in [5, 5.41) is 9.10. The molecule has 0 saturated heterocycles. The number of carbonyl (C=O) groups excluding carboxylic acids is 1. The summed E-state index contributed by atoms with van der Waals surface area (Å²) in [6.07, 6.45) is 0. The summed E-state index contributed by atoms with van der Waals surface area (Å²) in [6.45, 7) is 1.30. The number of ether oxygens (including phenoxy) is 1. The summed E-state index contributed by atoms with van der Waals surface area (Å²) >= 11 is 0. The number of nitrogens with two attached hydrogens (primary N) is 1. The van der Waals surface area contributed by atoms with Crippen LogP contribution in [0.1, 0.15) is 15.9 Å². The molecule has 0 aliphatic heterocycles. The molecule has 0 unspecified atom stereocenters. The van der Waals surface area contributed by atoms with Crippen LogP contribution >= 0.6 is 0 Å². The number of benzene rings is 2. The molecule has 0 aromatic heterocycles. The van der Waals surface area contributed by atoms with Gasteiger partial charge in [0.1, 0.15) is 5.75 Å². The highest BCUT2D eigenvalue weighted by atomic mass is 32.2. The monoisotopic (exact) mass is 364 g/mol. The molecule has 2 aromatic carbocycles. The van der Waals surface area contributed by atoms with E-state index in [0.29, 0.717) is 11.3 Å². The maximum atomic E-state index is 12.4. The molecule has 0 radical (unpaired) electrons. The van der Waals surface area contributed by atoms with Gasteiger partial charge in [0.15, 0.2) is 6.61 Å². The van der Waals surface area contributed by atoms with Gasteiger partial charge < -0.3 is 15.6 Å². The number of hydrogen-bond acceptors (Lipinski definition) is 5. The SMILES string of the molecule is Cc1ccc(S(=O)(=O)Nc2ccc(OCC(N)=O)cc2)cc1C(=O)O. The van der Waals surface area contributed by atoms with Crippen LogP contribution in [0, 0.1) is 6.92 Å². The van der Waals surface area contributed by atoms with Crippen molar-refractivity contribution in [1.82, 2.24) is 0 Å². The minimum absolute atomic E-state index is 0.0851. The van der Waals surface area contributed by atoms with Crippen LogP contribution < -0.4 is 15.2 Å². The molecule has 0 spiro atoms. The van der Waals surface area contributed by atoms with Crippen molar-refractivity contribution in [3.05, 3.63) is 53.6 Å². The van der Waals surface area contributed by atoms with E-state index in [1.54, 1.807) is 6.92 Å². The van der Waals surface area contributed by atoms with Crippen LogP contribution in [0.15, 0.2) is 47.4 Å². The predicted molar refractivity (Wildman–Crippen MR) is 90.1 cm³/mol. The summed E-state index contributed by atoms with van der Waals surface area (Å²) in [4.78, 5) is 21.6. The van der Waals surface area contributed by atoms with Gasteiger partial charge in [0.05, 0.1) is 10.5 Å². The van der Waals surface area contributed by atoms with Gasteiger partial charge in [-0.1, -0.05) is 6.07 Å². The molecule has 0 fully saturated rings. The van der Waals surface area contributed by atoms with E-state index in [1.165, 1.54) is 36.4 Å². The Morgan fingerprint density at radius 3 is 2.36 bits per heavy atom. The molecule has 0 saturated carbocycles. The summed E-state index contributed by atoms with van der Waals surface area (Å²) in [6, 6.07) is 9.69. The number of hydrogen-bond donors (Lipinski definition) is 3. The quantitative estimate of drug-likeness (QED) is 0.679. The zero-order chi connectivity index (χ0) is 18.6. The Bertz CT molecular complexity index is 907. The molecular formula is C16H16N2O6S. The van der Waals surface area contributed by atoms with Crippen LogP contribution in [0.2, 0.25) is 0 Å². The van der Waals surface area contributed by atoms with Gasteiger partial charge in [0, 0.05) is 5.69 Å². The molecule has 4 N–H and O–H groups in total. The Labute approximate surface area is 144 Å². The number of aromatic carboxylic acids is 1. The lowest BCUT2D eigenvalue weighted by Crippen LogP contribution is -2.20. The Morgan fingerprint density at radius 2 is 1.80 bits per heavy atom. The minimum Gasteiger partial charge on any atom is -0.484 e. The molecule has 2 rings (SSSR count). The van der Waals surface area contributed by atoms with Crippen LogP contribution in [-0.4, -0.2) is 32.0 Å². The van der Waals surface area contributed by atoms with Gasteiger partial charge in [-0.25, -0.2) is 13.2 Å².